The van der Waals surface area contributed by atoms with Crippen molar-refractivity contribution in [3.8, 4) is 11.5 Å². The molecule has 0 fully saturated rings. The van der Waals surface area contributed by atoms with Crippen LogP contribution in [0.1, 0.15) is 38.3 Å². The van der Waals surface area contributed by atoms with Gasteiger partial charge in [0.2, 0.25) is 5.95 Å². The molecule has 6 rings (SSSR count). The zero-order chi connectivity index (χ0) is 28.6. The van der Waals surface area contributed by atoms with Crippen LogP contribution in [-0.2, 0) is 24.5 Å². The third-order valence-electron chi connectivity index (χ3n) is 7.46. The van der Waals surface area contributed by atoms with Crippen LogP contribution in [0.5, 0.6) is 11.5 Å². The van der Waals surface area contributed by atoms with E-state index in [0.29, 0.717) is 19.6 Å². The van der Waals surface area contributed by atoms with Crippen molar-refractivity contribution in [2.45, 2.75) is 52.4 Å². The van der Waals surface area contributed by atoms with Gasteiger partial charge in [0.25, 0.3) is 0 Å². The molecular formula is C33H37N5O3. The number of nitrogens with zero attached hydrogens (tertiary/aromatic N) is 5. The Kier molecular flexibility index (Phi) is 7.17. The number of hydrogen-bond donors (Lipinski definition) is 0. The van der Waals surface area contributed by atoms with Crippen LogP contribution in [0.3, 0.4) is 0 Å². The van der Waals surface area contributed by atoms with Gasteiger partial charge in [0.15, 0.2) is 5.82 Å². The van der Waals surface area contributed by atoms with Crippen LogP contribution in [-0.4, -0.2) is 40.9 Å². The van der Waals surface area contributed by atoms with Gasteiger partial charge in [-0.15, -0.1) is 0 Å². The molecule has 0 saturated carbocycles. The number of aromatic nitrogens is 3. The van der Waals surface area contributed by atoms with Gasteiger partial charge in [-0.05, 0) is 61.7 Å². The molecule has 2 aromatic heterocycles. The van der Waals surface area contributed by atoms with E-state index in [9.17, 15) is 0 Å². The fourth-order valence-electron chi connectivity index (χ4n) is 5.57. The molecule has 8 nitrogen and oxygen atoms in total. The van der Waals surface area contributed by atoms with Crippen molar-refractivity contribution in [1.82, 2.24) is 14.5 Å². The third-order valence-corrected chi connectivity index (χ3v) is 7.46. The molecule has 3 heterocycles. The first kappa shape index (κ1) is 26.9. The highest BCUT2D eigenvalue weighted by Crippen LogP contribution is 2.39. The zero-order valence-corrected chi connectivity index (χ0v) is 24.4. The Bertz CT molecular complexity index is 1610. The highest BCUT2D eigenvalue weighted by atomic mass is 16.7. The number of fused-ring (bicyclic) bond motifs is 5. The second-order valence-electron chi connectivity index (χ2n) is 11.2. The van der Waals surface area contributed by atoms with Gasteiger partial charge >= 0.3 is 0 Å². The Balaban J connectivity index is 1.55. The first-order valence-electron chi connectivity index (χ1n) is 14.2. The summed E-state index contributed by atoms with van der Waals surface area (Å²) in [4.78, 5) is 19.2. The predicted molar refractivity (Wildman–Crippen MR) is 164 cm³/mol. The maximum atomic E-state index is 6.41. The second-order valence-corrected chi connectivity index (χ2v) is 11.2. The summed E-state index contributed by atoms with van der Waals surface area (Å²) < 4.78 is 13.1. The van der Waals surface area contributed by atoms with Crippen molar-refractivity contribution >= 4 is 33.7 Å². The number of pyridine rings is 1. The topological polar surface area (TPSA) is 64.9 Å². The lowest BCUT2D eigenvalue weighted by Gasteiger charge is -2.38. The summed E-state index contributed by atoms with van der Waals surface area (Å²) >= 11 is 0. The van der Waals surface area contributed by atoms with Crippen LogP contribution in [0.4, 0.5) is 11.8 Å². The number of ether oxygens (including phenoxy) is 2. The summed E-state index contributed by atoms with van der Waals surface area (Å²) in [6, 6.07) is 24.8. The summed E-state index contributed by atoms with van der Waals surface area (Å²) in [6.07, 6.45) is 0.951. The van der Waals surface area contributed by atoms with Crippen molar-refractivity contribution in [3.05, 3.63) is 83.9 Å². The van der Waals surface area contributed by atoms with Crippen LogP contribution in [0.15, 0.2) is 72.8 Å². The molecule has 0 unspecified atom stereocenters. The molecule has 0 saturated heterocycles. The van der Waals surface area contributed by atoms with E-state index in [4.69, 9.17) is 24.3 Å². The largest absolute Gasteiger partial charge is 0.497 e. The fraction of sp³-hybridized carbons (Fsp3) is 0.333. The first-order valence-corrected chi connectivity index (χ1v) is 14.2. The lowest BCUT2D eigenvalue weighted by atomic mass is 10.1. The molecule has 0 aliphatic carbocycles. The molecule has 1 aliphatic rings. The van der Waals surface area contributed by atoms with Crippen molar-refractivity contribution in [2.24, 2.45) is 0 Å². The lowest BCUT2D eigenvalue weighted by molar-refractivity contribution is -0.0635. The van der Waals surface area contributed by atoms with Crippen LogP contribution < -0.4 is 19.4 Å². The van der Waals surface area contributed by atoms with Crippen molar-refractivity contribution in [2.75, 3.05) is 30.7 Å². The molecule has 8 heteroatoms. The number of hydrogen-bond acceptors (Lipinski definition) is 7. The molecule has 0 spiro atoms. The Morgan fingerprint density at radius 1 is 0.854 bits per heavy atom. The Hall–Kier alpha value is -4.30. The fourth-order valence-corrected chi connectivity index (χ4v) is 5.57. The molecule has 0 bridgehead atoms. The minimum absolute atomic E-state index is 0.369. The minimum Gasteiger partial charge on any atom is -0.497 e. The molecule has 0 amide bonds. The van der Waals surface area contributed by atoms with Crippen molar-refractivity contribution in [3.63, 3.8) is 0 Å². The zero-order valence-electron chi connectivity index (χ0n) is 24.4. The van der Waals surface area contributed by atoms with E-state index in [1.807, 2.05) is 35.4 Å². The summed E-state index contributed by atoms with van der Waals surface area (Å²) in [5, 5.41) is 3.05. The van der Waals surface area contributed by atoms with E-state index < -0.39 is 0 Å². The van der Waals surface area contributed by atoms with E-state index in [-0.39, 0.29) is 5.60 Å². The molecule has 1 aliphatic heterocycles. The number of benzene rings is 3. The van der Waals surface area contributed by atoms with Crippen molar-refractivity contribution in [1.29, 1.82) is 0 Å². The second kappa shape index (κ2) is 10.9. The van der Waals surface area contributed by atoms with Gasteiger partial charge in [-0.25, -0.2) is 15.0 Å². The average Bonchev–Trinajstić information content (AvgIpc) is 3.36. The Morgan fingerprint density at radius 2 is 1.46 bits per heavy atom. The van der Waals surface area contributed by atoms with Gasteiger partial charge in [-0.2, -0.15) is 0 Å². The van der Waals surface area contributed by atoms with Crippen LogP contribution in [0.2, 0.25) is 0 Å². The van der Waals surface area contributed by atoms with E-state index in [1.54, 1.807) is 14.2 Å². The minimum atomic E-state index is -0.369. The lowest BCUT2D eigenvalue weighted by Crippen LogP contribution is -2.45. The van der Waals surface area contributed by atoms with Crippen LogP contribution >= 0.6 is 0 Å². The number of hydroxylamine groups is 1. The molecular weight excluding hydrogens is 514 g/mol. The first-order chi connectivity index (χ1) is 19.9. The molecule has 0 atom stereocenters. The van der Waals surface area contributed by atoms with Gasteiger partial charge in [0, 0.05) is 25.0 Å². The van der Waals surface area contributed by atoms with Gasteiger partial charge in [0.05, 0.1) is 31.8 Å². The average molecular weight is 552 g/mol. The summed E-state index contributed by atoms with van der Waals surface area (Å²) in [7, 11) is 3.38. The number of para-hydroxylation sites is 1. The van der Waals surface area contributed by atoms with Crippen LogP contribution in [0, 0.1) is 0 Å². The smallest absolute Gasteiger partial charge is 0.231 e. The SMILES string of the molecule is CCCN1OC(C)(C)Cn2c1nc1c(N(Cc3ccc(OC)cc3)Cc3ccc(OC)cc3)nc3ccccc3c12. The van der Waals surface area contributed by atoms with Gasteiger partial charge in [-0.3, -0.25) is 4.84 Å². The summed E-state index contributed by atoms with van der Waals surface area (Å²) in [6.45, 7) is 9.19. The number of methoxy groups -OCH3 is 2. The Labute approximate surface area is 241 Å². The van der Waals surface area contributed by atoms with E-state index in [2.05, 4.69) is 72.7 Å². The summed E-state index contributed by atoms with van der Waals surface area (Å²) in [5.74, 6) is 3.35. The molecule has 3 aromatic carbocycles. The number of rotatable bonds is 9. The Morgan fingerprint density at radius 3 is 2.05 bits per heavy atom. The molecule has 212 valence electrons. The molecule has 0 radical (unpaired) electrons. The van der Waals surface area contributed by atoms with Crippen LogP contribution in [0.25, 0.3) is 21.9 Å². The van der Waals surface area contributed by atoms with E-state index in [1.165, 1.54) is 0 Å². The van der Waals surface area contributed by atoms with Gasteiger partial charge < -0.3 is 18.9 Å². The maximum absolute atomic E-state index is 6.41. The van der Waals surface area contributed by atoms with E-state index >= 15 is 0 Å². The number of anilines is 2. The van der Waals surface area contributed by atoms with Gasteiger partial charge in [-0.1, -0.05) is 49.4 Å². The number of imidazole rings is 1. The van der Waals surface area contributed by atoms with Crippen molar-refractivity contribution < 1.29 is 14.3 Å². The maximum Gasteiger partial charge on any atom is 0.231 e. The molecule has 41 heavy (non-hydrogen) atoms. The normalized spacial score (nSPS) is 14.3. The van der Waals surface area contributed by atoms with E-state index in [0.717, 1.165) is 69.3 Å². The highest BCUT2D eigenvalue weighted by molar-refractivity contribution is 6.08. The monoisotopic (exact) mass is 551 g/mol. The molecule has 5 aromatic rings. The quantitative estimate of drug-likeness (QED) is 0.201. The predicted octanol–water partition coefficient (Wildman–Crippen LogP) is 6.75. The third kappa shape index (κ3) is 5.27. The molecule has 0 N–H and O–H groups in total. The standard InChI is InChI=1S/C33H37N5O3/c1-6-19-38-32-35-29-30(37(32)22-33(2,3)41-38)27-9-7-8-10-28(27)34-31(29)36(20-23-11-15-25(39-4)16-12-23)21-24-13-17-26(40-5)18-14-24/h7-18H,6,19-22H2,1-5H3. The highest BCUT2D eigenvalue weighted by Gasteiger charge is 2.35. The van der Waals surface area contributed by atoms with Gasteiger partial charge in [0.1, 0.15) is 22.6 Å². The summed E-state index contributed by atoms with van der Waals surface area (Å²) in [5.41, 5.74) is 4.85.